The van der Waals surface area contributed by atoms with Gasteiger partial charge in [0.15, 0.2) is 6.61 Å². The van der Waals surface area contributed by atoms with E-state index in [1.165, 1.54) is 16.6 Å². The van der Waals surface area contributed by atoms with Crippen LogP contribution in [0.5, 0.6) is 0 Å². The van der Waals surface area contributed by atoms with Gasteiger partial charge in [0, 0.05) is 34.3 Å². The Morgan fingerprint density at radius 2 is 2.08 bits per heavy atom. The van der Waals surface area contributed by atoms with Crippen molar-refractivity contribution in [2.24, 2.45) is 0 Å². The largest absolute Gasteiger partial charge is 0.455 e. The minimum Gasteiger partial charge on any atom is -0.455 e. The number of hydrogen-bond donors (Lipinski definition) is 2. The number of aromatic amines is 1. The van der Waals surface area contributed by atoms with E-state index in [2.05, 4.69) is 16.4 Å². The fraction of sp³-hybridized carbons (Fsp3) is 0.263. The van der Waals surface area contributed by atoms with Crippen molar-refractivity contribution in [3.8, 4) is 0 Å². The lowest BCUT2D eigenvalue weighted by Crippen LogP contribution is -2.30. The van der Waals surface area contributed by atoms with Crippen LogP contribution in [0.25, 0.3) is 10.9 Å². The molecular weight excluding hydrogens is 368 g/mol. The Labute approximate surface area is 160 Å². The molecule has 0 unspecified atom stereocenters. The molecule has 0 aliphatic rings. The van der Waals surface area contributed by atoms with Gasteiger partial charge in [0.25, 0.3) is 5.91 Å². The second-order valence-corrected chi connectivity index (χ2v) is 7.71. The standard InChI is InChI=1S/C19H20N2O3S2/c22-18(11-24-19(23)13-25-12-15-4-3-9-26-15)20-8-7-14-10-21-17-6-2-1-5-16(14)17/h1-6,9-10,21H,7-8,11-13H2,(H,20,22). The number of hydrogen-bond acceptors (Lipinski definition) is 5. The van der Waals surface area contributed by atoms with Crippen molar-refractivity contribution in [1.82, 2.24) is 10.3 Å². The van der Waals surface area contributed by atoms with E-state index in [4.69, 9.17) is 4.74 Å². The van der Waals surface area contributed by atoms with Gasteiger partial charge in [0.05, 0.1) is 5.75 Å². The molecule has 26 heavy (non-hydrogen) atoms. The third-order valence-corrected chi connectivity index (χ3v) is 5.81. The van der Waals surface area contributed by atoms with Gasteiger partial charge in [-0.2, -0.15) is 0 Å². The van der Waals surface area contributed by atoms with Gasteiger partial charge in [-0.3, -0.25) is 9.59 Å². The number of nitrogens with one attached hydrogen (secondary N) is 2. The molecule has 0 aliphatic heterocycles. The molecule has 0 aliphatic carbocycles. The summed E-state index contributed by atoms with van der Waals surface area (Å²) in [7, 11) is 0. The minimum atomic E-state index is -0.363. The molecule has 0 radical (unpaired) electrons. The second kappa shape index (κ2) is 9.45. The molecule has 5 nitrogen and oxygen atoms in total. The summed E-state index contributed by atoms with van der Waals surface area (Å²) in [6.45, 7) is 0.275. The molecule has 1 aromatic carbocycles. The number of esters is 1. The van der Waals surface area contributed by atoms with Gasteiger partial charge in [-0.05, 0) is 29.5 Å². The Balaban J connectivity index is 1.31. The molecule has 2 N–H and O–H groups in total. The van der Waals surface area contributed by atoms with Crippen molar-refractivity contribution in [2.75, 3.05) is 18.9 Å². The summed E-state index contributed by atoms with van der Waals surface area (Å²) in [4.78, 5) is 27.9. The molecule has 0 bridgehead atoms. The number of aromatic nitrogens is 1. The molecule has 0 atom stereocenters. The van der Waals surface area contributed by atoms with E-state index >= 15 is 0 Å². The van der Waals surface area contributed by atoms with Gasteiger partial charge in [-0.15, -0.1) is 23.1 Å². The van der Waals surface area contributed by atoms with E-state index in [0.717, 1.165) is 28.6 Å². The zero-order chi connectivity index (χ0) is 18.2. The first-order chi connectivity index (χ1) is 12.7. The van der Waals surface area contributed by atoms with E-state index in [1.807, 2.05) is 41.9 Å². The summed E-state index contributed by atoms with van der Waals surface area (Å²) < 4.78 is 5.01. The van der Waals surface area contributed by atoms with Gasteiger partial charge >= 0.3 is 5.97 Å². The van der Waals surface area contributed by atoms with Gasteiger partial charge in [-0.1, -0.05) is 24.3 Å². The molecule has 7 heteroatoms. The zero-order valence-electron chi connectivity index (χ0n) is 14.2. The van der Waals surface area contributed by atoms with Gasteiger partial charge < -0.3 is 15.0 Å². The number of amides is 1. The maximum atomic E-state index is 11.8. The van der Waals surface area contributed by atoms with Crippen LogP contribution in [-0.2, 0) is 26.5 Å². The monoisotopic (exact) mass is 388 g/mol. The number of H-pyrrole nitrogens is 1. The van der Waals surface area contributed by atoms with Crippen LogP contribution in [0.15, 0.2) is 48.0 Å². The molecular formula is C19H20N2O3S2. The third-order valence-electron chi connectivity index (χ3n) is 3.80. The third kappa shape index (κ3) is 5.37. The zero-order valence-corrected chi connectivity index (χ0v) is 15.8. The Kier molecular flexibility index (Phi) is 6.74. The van der Waals surface area contributed by atoms with Gasteiger partial charge in [0.2, 0.25) is 0 Å². The van der Waals surface area contributed by atoms with Crippen LogP contribution >= 0.6 is 23.1 Å². The quantitative estimate of drug-likeness (QED) is 0.552. The van der Waals surface area contributed by atoms with Gasteiger partial charge in [-0.25, -0.2) is 0 Å². The fourth-order valence-corrected chi connectivity index (χ4v) is 4.20. The van der Waals surface area contributed by atoms with Crippen molar-refractivity contribution in [2.45, 2.75) is 12.2 Å². The number of ether oxygens (including phenoxy) is 1. The normalized spacial score (nSPS) is 10.8. The van der Waals surface area contributed by atoms with Crippen LogP contribution < -0.4 is 5.32 Å². The topological polar surface area (TPSA) is 71.2 Å². The highest BCUT2D eigenvalue weighted by molar-refractivity contribution is 7.99. The average molecular weight is 389 g/mol. The summed E-state index contributed by atoms with van der Waals surface area (Å²) in [6, 6.07) is 12.1. The maximum absolute atomic E-state index is 11.8. The molecule has 0 spiro atoms. The lowest BCUT2D eigenvalue weighted by Gasteiger charge is -2.06. The molecule has 2 aromatic heterocycles. The first kappa shape index (κ1) is 18.5. The van der Waals surface area contributed by atoms with Gasteiger partial charge in [0.1, 0.15) is 0 Å². The smallest absolute Gasteiger partial charge is 0.316 e. The van der Waals surface area contributed by atoms with Crippen molar-refractivity contribution in [3.63, 3.8) is 0 Å². The molecule has 0 saturated carbocycles. The molecule has 1 amide bonds. The number of thiophene rings is 1. The van der Waals surface area contributed by atoms with Crippen LogP contribution in [0.3, 0.4) is 0 Å². The predicted octanol–water partition coefficient (Wildman–Crippen LogP) is 3.36. The van der Waals surface area contributed by atoms with Crippen LogP contribution in [-0.4, -0.2) is 35.8 Å². The SMILES string of the molecule is O=C(COC(=O)CSCc1cccs1)NCCc1c[nH]c2ccccc12. The number of rotatable bonds is 9. The number of fused-ring (bicyclic) bond motifs is 1. The van der Waals surface area contributed by atoms with Crippen molar-refractivity contribution >= 4 is 45.9 Å². The Bertz CT molecular complexity index is 859. The minimum absolute atomic E-state index is 0.230. The summed E-state index contributed by atoms with van der Waals surface area (Å²) in [6.07, 6.45) is 2.68. The van der Waals surface area contributed by atoms with Crippen molar-refractivity contribution in [3.05, 3.63) is 58.4 Å². The number of benzene rings is 1. The van der Waals surface area contributed by atoms with E-state index in [9.17, 15) is 9.59 Å². The number of carbonyl (C=O) groups excluding carboxylic acids is 2. The van der Waals surface area contributed by atoms with Crippen LogP contribution in [0.1, 0.15) is 10.4 Å². The van der Waals surface area contributed by atoms with Crippen LogP contribution in [0.2, 0.25) is 0 Å². The Hall–Kier alpha value is -2.25. The van der Waals surface area contributed by atoms with Crippen LogP contribution in [0.4, 0.5) is 0 Å². The predicted molar refractivity (Wildman–Crippen MR) is 106 cm³/mol. The summed E-state index contributed by atoms with van der Waals surface area (Å²) >= 11 is 3.15. The molecule has 3 rings (SSSR count). The highest BCUT2D eigenvalue weighted by Crippen LogP contribution is 2.18. The second-order valence-electron chi connectivity index (χ2n) is 5.69. The van der Waals surface area contributed by atoms with Crippen LogP contribution in [0, 0.1) is 0 Å². The molecule has 0 saturated heterocycles. The highest BCUT2D eigenvalue weighted by atomic mass is 32.2. The molecule has 0 fully saturated rings. The van der Waals surface area contributed by atoms with Crippen molar-refractivity contribution < 1.29 is 14.3 Å². The number of thioether (sulfide) groups is 1. The molecule has 3 aromatic rings. The summed E-state index contributed by atoms with van der Waals surface area (Å²) in [5, 5.41) is 5.96. The summed E-state index contributed by atoms with van der Waals surface area (Å²) in [5.41, 5.74) is 2.24. The average Bonchev–Trinajstić information content (AvgIpc) is 3.30. The maximum Gasteiger partial charge on any atom is 0.316 e. The van der Waals surface area contributed by atoms with E-state index in [0.29, 0.717) is 6.54 Å². The molecule has 2 heterocycles. The van der Waals surface area contributed by atoms with Crippen molar-refractivity contribution in [1.29, 1.82) is 0 Å². The highest BCUT2D eigenvalue weighted by Gasteiger charge is 2.09. The first-order valence-corrected chi connectivity index (χ1v) is 10.3. The Morgan fingerprint density at radius 3 is 2.92 bits per heavy atom. The Morgan fingerprint density at radius 1 is 1.19 bits per heavy atom. The van der Waals surface area contributed by atoms with E-state index < -0.39 is 0 Å². The van der Waals surface area contributed by atoms with E-state index in [1.54, 1.807) is 11.3 Å². The first-order valence-electron chi connectivity index (χ1n) is 8.30. The number of carbonyl (C=O) groups is 2. The lowest BCUT2D eigenvalue weighted by atomic mass is 10.1. The molecule has 136 valence electrons. The van der Waals surface area contributed by atoms with E-state index in [-0.39, 0.29) is 24.2 Å². The lowest BCUT2D eigenvalue weighted by molar-refractivity contribution is -0.145. The fourth-order valence-electron chi connectivity index (χ4n) is 2.54. The number of para-hydroxylation sites is 1. The summed E-state index contributed by atoms with van der Waals surface area (Å²) in [5.74, 6) is 0.393.